The Morgan fingerprint density at radius 2 is 2.12 bits per heavy atom. The number of anilines is 1. The molecular weight excluding hydrogens is 330 g/mol. The van der Waals surface area contributed by atoms with Gasteiger partial charge in [-0.15, -0.1) is 0 Å². The molecule has 2 aliphatic heterocycles. The smallest absolute Gasteiger partial charge is 0.257 e. The predicted octanol–water partition coefficient (Wildman–Crippen LogP) is 2.00. The van der Waals surface area contributed by atoms with Crippen LogP contribution in [-0.2, 0) is 6.54 Å². The Balaban J connectivity index is 1.59. The van der Waals surface area contributed by atoms with Crippen LogP contribution >= 0.6 is 0 Å². The first-order valence-corrected chi connectivity index (χ1v) is 9.04. The molecule has 2 amide bonds. The van der Waals surface area contributed by atoms with Crippen LogP contribution in [-0.4, -0.2) is 45.2 Å². The number of para-hydroxylation sites is 1. The van der Waals surface area contributed by atoms with Crippen molar-refractivity contribution >= 4 is 17.5 Å². The molecule has 0 bridgehead atoms. The van der Waals surface area contributed by atoms with E-state index < -0.39 is 5.66 Å². The van der Waals surface area contributed by atoms with Gasteiger partial charge in [-0.1, -0.05) is 12.1 Å². The first kappa shape index (κ1) is 16.6. The first-order chi connectivity index (χ1) is 12.5. The molecule has 0 radical (unpaired) electrons. The van der Waals surface area contributed by atoms with E-state index in [0.29, 0.717) is 24.2 Å². The number of nitrogens with zero attached hydrogens (tertiary/aromatic N) is 3. The number of hydrogen-bond donors (Lipinski definition) is 2. The number of fused-ring (bicyclic) bond motifs is 1. The van der Waals surface area contributed by atoms with Gasteiger partial charge < -0.3 is 15.5 Å². The van der Waals surface area contributed by atoms with Gasteiger partial charge in [0.25, 0.3) is 11.8 Å². The minimum absolute atomic E-state index is 0.0313. The molecule has 7 nitrogen and oxygen atoms in total. The third kappa shape index (κ3) is 2.73. The lowest BCUT2D eigenvalue weighted by Gasteiger charge is -2.46. The Hall–Kier alpha value is -2.83. The molecular formula is C19H23N5O2. The molecule has 1 spiro atoms. The van der Waals surface area contributed by atoms with Crippen molar-refractivity contribution in [1.29, 1.82) is 0 Å². The second kappa shape index (κ2) is 6.16. The summed E-state index contributed by atoms with van der Waals surface area (Å²) in [7, 11) is 0. The number of benzene rings is 1. The van der Waals surface area contributed by atoms with Crippen molar-refractivity contribution in [3.8, 4) is 0 Å². The Bertz CT molecular complexity index is 875. The maximum atomic E-state index is 13.0. The molecule has 1 aromatic heterocycles. The van der Waals surface area contributed by atoms with Gasteiger partial charge in [0.05, 0.1) is 23.4 Å². The molecule has 0 aliphatic carbocycles. The van der Waals surface area contributed by atoms with Gasteiger partial charge in [0.2, 0.25) is 0 Å². The zero-order chi connectivity index (χ0) is 18.3. The van der Waals surface area contributed by atoms with Crippen LogP contribution < -0.4 is 10.6 Å². The van der Waals surface area contributed by atoms with Gasteiger partial charge in [0.15, 0.2) is 0 Å². The van der Waals surface area contributed by atoms with Crippen molar-refractivity contribution in [2.45, 2.75) is 38.9 Å². The van der Waals surface area contributed by atoms with E-state index in [0.717, 1.165) is 30.8 Å². The summed E-state index contributed by atoms with van der Waals surface area (Å²) >= 11 is 0. The molecule has 1 fully saturated rings. The van der Waals surface area contributed by atoms with Crippen molar-refractivity contribution in [2.75, 3.05) is 18.4 Å². The molecule has 2 aliphatic rings. The van der Waals surface area contributed by atoms with Gasteiger partial charge >= 0.3 is 0 Å². The zero-order valence-corrected chi connectivity index (χ0v) is 15.1. The lowest BCUT2D eigenvalue weighted by molar-refractivity contribution is 0.0592. The highest BCUT2D eigenvalue weighted by Gasteiger charge is 2.42. The summed E-state index contributed by atoms with van der Waals surface area (Å²) in [4.78, 5) is 27.4. The van der Waals surface area contributed by atoms with E-state index >= 15 is 0 Å². The molecule has 3 heterocycles. The molecule has 4 rings (SSSR count). The highest BCUT2D eigenvalue weighted by molar-refractivity contribution is 6.02. The minimum Gasteiger partial charge on any atom is -0.361 e. The molecule has 1 atom stereocenters. The van der Waals surface area contributed by atoms with Crippen LogP contribution in [0.3, 0.4) is 0 Å². The van der Waals surface area contributed by atoms with Gasteiger partial charge in [-0.25, -0.2) is 0 Å². The van der Waals surface area contributed by atoms with Gasteiger partial charge in [-0.2, -0.15) is 5.10 Å². The highest BCUT2D eigenvalue weighted by Crippen LogP contribution is 2.31. The third-order valence-corrected chi connectivity index (χ3v) is 5.18. The average molecular weight is 353 g/mol. The van der Waals surface area contributed by atoms with Crippen molar-refractivity contribution in [3.05, 3.63) is 47.3 Å². The molecule has 7 heteroatoms. The number of piperidine rings is 1. The van der Waals surface area contributed by atoms with Crippen molar-refractivity contribution in [1.82, 2.24) is 20.0 Å². The van der Waals surface area contributed by atoms with Crippen LogP contribution in [0.2, 0.25) is 0 Å². The molecule has 26 heavy (non-hydrogen) atoms. The molecule has 0 saturated carbocycles. The van der Waals surface area contributed by atoms with E-state index in [9.17, 15) is 9.59 Å². The fraction of sp³-hybridized carbons (Fsp3) is 0.421. The summed E-state index contributed by atoms with van der Waals surface area (Å²) in [5, 5.41) is 10.9. The second-order valence-corrected chi connectivity index (χ2v) is 7.02. The average Bonchev–Trinajstić information content (AvgIpc) is 3.02. The third-order valence-electron chi connectivity index (χ3n) is 5.18. The quantitative estimate of drug-likeness (QED) is 0.865. The van der Waals surface area contributed by atoms with Crippen LogP contribution in [0.5, 0.6) is 0 Å². The molecule has 0 unspecified atom stereocenters. The standard InChI is InChI=1S/C19H23N5O2/c1-3-24-11-15(13(2)22-24)18(26)23-10-6-9-19(12-23)20-16-8-5-4-7-14(16)17(25)21-19/h4-5,7-8,11,20H,3,6,9-10,12H2,1-2H3,(H,21,25)/t19-/m1/s1. The summed E-state index contributed by atoms with van der Waals surface area (Å²) in [6.45, 7) is 5.69. The molecule has 2 aromatic rings. The van der Waals surface area contributed by atoms with E-state index in [1.165, 1.54) is 0 Å². The zero-order valence-electron chi connectivity index (χ0n) is 15.1. The predicted molar refractivity (Wildman–Crippen MR) is 98.0 cm³/mol. The van der Waals surface area contributed by atoms with E-state index in [-0.39, 0.29) is 11.8 Å². The fourth-order valence-electron chi connectivity index (χ4n) is 3.86. The number of aromatic nitrogens is 2. The topological polar surface area (TPSA) is 79.3 Å². The number of rotatable bonds is 2. The monoisotopic (exact) mass is 353 g/mol. The number of nitrogens with one attached hydrogen (secondary N) is 2. The Kier molecular flexibility index (Phi) is 3.94. The SMILES string of the molecule is CCn1cc(C(=O)N2CCC[C@]3(C2)NC(=O)c2ccccc2N3)c(C)n1. The van der Waals surface area contributed by atoms with Crippen molar-refractivity contribution in [2.24, 2.45) is 0 Å². The summed E-state index contributed by atoms with van der Waals surface area (Å²) in [5.74, 6) is -0.125. The molecule has 1 aromatic carbocycles. The molecule has 1 saturated heterocycles. The van der Waals surface area contributed by atoms with Crippen molar-refractivity contribution < 1.29 is 9.59 Å². The first-order valence-electron chi connectivity index (χ1n) is 9.04. The lowest BCUT2D eigenvalue weighted by Crippen LogP contribution is -2.66. The minimum atomic E-state index is -0.617. The fourth-order valence-corrected chi connectivity index (χ4v) is 3.86. The van der Waals surface area contributed by atoms with Crippen LogP contribution in [0.25, 0.3) is 0 Å². The second-order valence-electron chi connectivity index (χ2n) is 7.02. The van der Waals surface area contributed by atoms with Crippen LogP contribution in [0.15, 0.2) is 30.5 Å². The summed E-state index contributed by atoms with van der Waals surface area (Å²) in [6.07, 6.45) is 3.41. The Labute approximate surface area is 152 Å². The van der Waals surface area contributed by atoms with Crippen molar-refractivity contribution in [3.63, 3.8) is 0 Å². The maximum Gasteiger partial charge on any atom is 0.257 e. The van der Waals surface area contributed by atoms with Crippen LogP contribution in [0.4, 0.5) is 5.69 Å². The number of aryl methyl sites for hydroxylation is 2. The lowest BCUT2D eigenvalue weighted by atomic mass is 9.93. The van der Waals surface area contributed by atoms with Gasteiger partial charge in [-0.3, -0.25) is 14.3 Å². The molecule has 136 valence electrons. The number of carbonyl (C=O) groups is 2. The number of amides is 2. The highest BCUT2D eigenvalue weighted by atomic mass is 16.2. The van der Waals surface area contributed by atoms with E-state index in [1.807, 2.05) is 36.9 Å². The van der Waals surface area contributed by atoms with Gasteiger partial charge in [-0.05, 0) is 38.8 Å². The van der Waals surface area contributed by atoms with E-state index in [2.05, 4.69) is 15.7 Å². The van der Waals surface area contributed by atoms with Gasteiger partial charge in [0.1, 0.15) is 5.66 Å². The van der Waals surface area contributed by atoms with E-state index in [4.69, 9.17) is 0 Å². The number of likely N-dealkylation sites (tertiary alicyclic amines) is 1. The summed E-state index contributed by atoms with van der Waals surface area (Å²) < 4.78 is 1.78. The summed E-state index contributed by atoms with van der Waals surface area (Å²) in [6, 6.07) is 7.47. The Morgan fingerprint density at radius 1 is 1.31 bits per heavy atom. The summed E-state index contributed by atoms with van der Waals surface area (Å²) in [5.41, 5.74) is 2.21. The Morgan fingerprint density at radius 3 is 2.88 bits per heavy atom. The largest absolute Gasteiger partial charge is 0.361 e. The maximum absolute atomic E-state index is 13.0. The van der Waals surface area contributed by atoms with E-state index in [1.54, 1.807) is 16.9 Å². The number of carbonyl (C=O) groups excluding carboxylic acids is 2. The number of hydrogen-bond acceptors (Lipinski definition) is 4. The van der Waals surface area contributed by atoms with Crippen LogP contribution in [0.1, 0.15) is 46.2 Å². The van der Waals surface area contributed by atoms with Gasteiger partial charge in [0, 0.05) is 25.0 Å². The van der Waals surface area contributed by atoms with Crippen LogP contribution in [0, 0.1) is 6.92 Å². The molecule has 2 N–H and O–H groups in total. The normalized spacial score (nSPS) is 21.9.